The maximum absolute atomic E-state index is 13.2. The van der Waals surface area contributed by atoms with Crippen LogP contribution < -0.4 is 11.1 Å². The van der Waals surface area contributed by atoms with Gasteiger partial charge in [-0.3, -0.25) is 4.79 Å². The summed E-state index contributed by atoms with van der Waals surface area (Å²) >= 11 is 0. The van der Waals surface area contributed by atoms with Gasteiger partial charge in [0.1, 0.15) is 5.82 Å². The molecular formula is C11H11FN2O3. The predicted molar refractivity (Wildman–Crippen MR) is 60.2 cm³/mol. The van der Waals surface area contributed by atoms with E-state index in [-0.39, 0.29) is 12.2 Å². The number of rotatable bonds is 4. The third kappa shape index (κ3) is 3.69. The van der Waals surface area contributed by atoms with Crippen molar-refractivity contribution >= 4 is 17.6 Å². The standard InChI is InChI=1S/C11H11FN2O3/c12-9-6-7(3-4-8(9)11(16)17)14-10(15)2-1-5-13/h1-4,6H,5,13H2,(H,14,15)(H,16,17)/b2-1+. The smallest absolute Gasteiger partial charge is 0.338 e. The second-order valence-corrected chi connectivity index (χ2v) is 3.13. The van der Waals surface area contributed by atoms with Gasteiger partial charge in [0.05, 0.1) is 5.56 Å². The minimum Gasteiger partial charge on any atom is -0.478 e. The molecule has 0 saturated heterocycles. The van der Waals surface area contributed by atoms with Crippen molar-refractivity contribution in [3.63, 3.8) is 0 Å². The number of nitrogens with two attached hydrogens (primary N) is 1. The Kier molecular flexibility index (Phi) is 4.36. The van der Waals surface area contributed by atoms with Crippen molar-refractivity contribution in [2.24, 2.45) is 5.73 Å². The topological polar surface area (TPSA) is 92.4 Å². The van der Waals surface area contributed by atoms with E-state index in [4.69, 9.17) is 10.8 Å². The van der Waals surface area contributed by atoms with Gasteiger partial charge in [-0.15, -0.1) is 0 Å². The number of carbonyl (C=O) groups is 2. The fraction of sp³-hybridized carbons (Fsp3) is 0.0909. The third-order valence-corrected chi connectivity index (χ3v) is 1.87. The highest BCUT2D eigenvalue weighted by atomic mass is 19.1. The monoisotopic (exact) mass is 238 g/mol. The van der Waals surface area contributed by atoms with Gasteiger partial charge in [0.2, 0.25) is 5.91 Å². The largest absolute Gasteiger partial charge is 0.478 e. The molecule has 6 heteroatoms. The molecule has 0 aromatic heterocycles. The van der Waals surface area contributed by atoms with Crippen LogP contribution in [0.5, 0.6) is 0 Å². The van der Waals surface area contributed by atoms with Gasteiger partial charge in [-0.05, 0) is 18.2 Å². The van der Waals surface area contributed by atoms with Crippen molar-refractivity contribution in [2.75, 3.05) is 11.9 Å². The van der Waals surface area contributed by atoms with Crippen LogP contribution in [0.25, 0.3) is 0 Å². The van der Waals surface area contributed by atoms with Crippen LogP contribution in [0.1, 0.15) is 10.4 Å². The Balaban J connectivity index is 2.81. The second kappa shape index (κ2) is 5.76. The van der Waals surface area contributed by atoms with E-state index in [0.29, 0.717) is 0 Å². The normalized spacial score (nSPS) is 10.5. The number of benzene rings is 1. The number of amides is 1. The average Bonchev–Trinajstić information content (AvgIpc) is 2.26. The van der Waals surface area contributed by atoms with Crippen molar-refractivity contribution in [2.45, 2.75) is 0 Å². The molecule has 5 nitrogen and oxygen atoms in total. The molecule has 0 unspecified atom stereocenters. The van der Waals surface area contributed by atoms with Crippen molar-refractivity contribution < 1.29 is 19.1 Å². The molecule has 1 rings (SSSR count). The number of anilines is 1. The van der Waals surface area contributed by atoms with Gasteiger partial charge in [0, 0.05) is 18.3 Å². The van der Waals surface area contributed by atoms with Gasteiger partial charge in [0.15, 0.2) is 0 Å². The molecule has 0 saturated carbocycles. The molecule has 90 valence electrons. The van der Waals surface area contributed by atoms with Crippen molar-refractivity contribution in [1.29, 1.82) is 0 Å². The molecule has 0 bridgehead atoms. The first-order valence-corrected chi connectivity index (χ1v) is 4.75. The van der Waals surface area contributed by atoms with Gasteiger partial charge >= 0.3 is 5.97 Å². The highest BCUT2D eigenvalue weighted by molar-refractivity contribution is 5.99. The summed E-state index contributed by atoms with van der Waals surface area (Å²) in [6, 6.07) is 3.33. The van der Waals surface area contributed by atoms with E-state index >= 15 is 0 Å². The lowest BCUT2D eigenvalue weighted by molar-refractivity contribution is -0.111. The van der Waals surface area contributed by atoms with Crippen molar-refractivity contribution in [3.05, 3.63) is 41.7 Å². The summed E-state index contributed by atoms with van der Waals surface area (Å²) in [4.78, 5) is 21.8. The van der Waals surface area contributed by atoms with E-state index in [2.05, 4.69) is 5.32 Å². The van der Waals surface area contributed by atoms with Crippen LogP contribution in [-0.2, 0) is 4.79 Å². The number of carboxylic acids is 1. The summed E-state index contributed by atoms with van der Waals surface area (Å²) in [5.74, 6) is -2.72. The molecule has 1 aromatic rings. The van der Waals surface area contributed by atoms with E-state index in [1.165, 1.54) is 18.2 Å². The number of halogens is 1. The van der Waals surface area contributed by atoms with Gasteiger partial charge in [-0.2, -0.15) is 0 Å². The van der Waals surface area contributed by atoms with Crippen LogP contribution in [-0.4, -0.2) is 23.5 Å². The number of hydrogen-bond acceptors (Lipinski definition) is 3. The molecular weight excluding hydrogens is 227 g/mol. The lowest BCUT2D eigenvalue weighted by atomic mass is 10.2. The van der Waals surface area contributed by atoms with Crippen LogP contribution in [0.3, 0.4) is 0 Å². The number of carboxylic acid groups (broad SMARTS) is 1. The van der Waals surface area contributed by atoms with Gasteiger partial charge in [-0.1, -0.05) is 6.08 Å². The van der Waals surface area contributed by atoms with Gasteiger partial charge in [0.25, 0.3) is 0 Å². The van der Waals surface area contributed by atoms with E-state index < -0.39 is 23.3 Å². The maximum Gasteiger partial charge on any atom is 0.338 e. The first-order chi connectivity index (χ1) is 8.04. The lowest BCUT2D eigenvalue weighted by Crippen LogP contribution is -2.10. The Morgan fingerprint density at radius 1 is 1.47 bits per heavy atom. The number of aromatic carboxylic acids is 1. The molecule has 1 aromatic carbocycles. The first-order valence-electron chi connectivity index (χ1n) is 4.75. The SMILES string of the molecule is NC/C=C/C(=O)Nc1ccc(C(=O)O)c(F)c1. The number of carbonyl (C=O) groups excluding carboxylic acids is 1. The van der Waals surface area contributed by atoms with E-state index in [9.17, 15) is 14.0 Å². The molecule has 0 spiro atoms. The van der Waals surface area contributed by atoms with E-state index in [1.807, 2.05) is 0 Å². The summed E-state index contributed by atoms with van der Waals surface area (Å²) in [5, 5.41) is 11.0. The molecule has 0 fully saturated rings. The Bertz CT molecular complexity index is 472. The molecule has 0 aliphatic carbocycles. The minimum atomic E-state index is -1.36. The third-order valence-electron chi connectivity index (χ3n) is 1.87. The summed E-state index contributed by atoms with van der Waals surface area (Å²) < 4.78 is 13.2. The fourth-order valence-electron chi connectivity index (χ4n) is 1.13. The van der Waals surface area contributed by atoms with E-state index in [0.717, 1.165) is 12.1 Å². The summed E-state index contributed by atoms with van der Waals surface area (Å²) in [6.07, 6.45) is 2.65. The molecule has 0 radical (unpaired) electrons. The zero-order valence-electron chi connectivity index (χ0n) is 8.81. The van der Waals surface area contributed by atoms with Crippen LogP contribution in [0, 0.1) is 5.82 Å². The Morgan fingerprint density at radius 3 is 2.71 bits per heavy atom. The Hall–Kier alpha value is -2.21. The highest BCUT2D eigenvalue weighted by Crippen LogP contribution is 2.14. The predicted octanol–water partition coefficient (Wildman–Crippen LogP) is 0.977. The van der Waals surface area contributed by atoms with Gasteiger partial charge in [-0.25, -0.2) is 9.18 Å². The number of hydrogen-bond donors (Lipinski definition) is 3. The summed E-state index contributed by atoms with van der Waals surface area (Å²) in [5.41, 5.74) is 4.89. The molecule has 0 heterocycles. The quantitative estimate of drug-likeness (QED) is 0.681. The molecule has 0 aliphatic heterocycles. The minimum absolute atomic E-state index is 0.180. The van der Waals surface area contributed by atoms with Crippen molar-refractivity contribution in [3.8, 4) is 0 Å². The molecule has 4 N–H and O–H groups in total. The zero-order chi connectivity index (χ0) is 12.8. The molecule has 0 atom stereocenters. The lowest BCUT2D eigenvalue weighted by Gasteiger charge is -2.03. The summed E-state index contributed by atoms with van der Waals surface area (Å²) in [7, 11) is 0. The fourth-order valence-corrected chi connectivity index (χ4v) is 1.13. The molecule has 17 heavy (non-hydrogen) atoms. The van der Waals surface area contributed by atoms with Crippen LogP contribution >= 0.6 is 0 Å². The van der Waals surface area contributed by atoms with E-state index in [1.54, 1.807) is 0 Å². The number of nitrogens with one attached hydrogen (secondary N) is 1. The Morgan fingerprint density at radius 2 is 2.18 bits per heavy atom. The summed E-state index contributed by atoms with van der Waals surface area (Å²) in [6.45, 7) is 0.222. The second-order valence-electron chi connectivity index (χ2n) is 3.13. The van der Waals surface area contributed by atoms with Crippen LogP contribution in [0.2, 0.25) is 0 Å². The van der Waals surface area contributed by atoms with Crippen molar-refractivity contribution in [1.82, 2.24) is 0 Å². The molecule has 0 aliphatic rings. The van der Waals surface area contributed by atoms with Crippen LogP contribution in [0.15, 0.2) is 30.4 Å². The highest BCUT2D eigenvalue weighted by Gasteiger charge is 2.10. The maximum atomic E-state index is 13.2. The average molecular weight is 238 g/mol. The zero-order valence-corrected chi connectivity index (χ0v) is 8.81. The van der Waals surface area contributed by atoms with Gasteiger partial charge < -0.3 is 16.2 Å². The van der Waals surface area contributed by atoms with Crippen LogP contribution in [0.4, 0.5) is 10.1 Å². The Labute approximate surface area is 96.7 Å². The first kappa shape index (κ1) is 12.9. The molecule has 1 amide bonds.